The summed E-state index contributed by atoms with van der Waals surface area (Å²) in [6, 6.07) is 0. The first-order valence-corrected chi connectivity index (χ1v) is 10.0. The fraction of sp³-hybridized carbons (Fsp3) is 0.714. The number of rotatable bonds is 12. The van der Waals surface area contributed by atoms with Gasteiger partial charge in [-0.15, -0.1) is 0 Å². The molecule has 1 saturated heterocycles. The quantitative estimate of drug-likeness (QED) is 0.171. The van der Waals surface area contributed by atoms with Crippen molar-refractivity contribution in [3.8, 4) is 0 Å². The summed E-state index contributed by atoms with van der Waals surface area (Å²) < 4.78 is 12.6. The third-order valence-electron chi connectivity index (χ3n) is 4.65. The lowest BCUT2D eigenvalue weighted by Crippen LogP contribution is -2.35. The maximum absolute atomic E-state index is 12.7. The van der Waals surface area contributed by atoms with Crippen molar-refractivity contribution in [2.75, 3.05) is 33.4 Å². The molecule has 1 amide bonds. The van der Waals surface area contributed by atoms with Gasteiger partial charge in [-0.2, -0.15) is 0 Å². The molecule has 0 aromatic carbocycles. The molecule has 1 unspecified atom stereocenters. The molecule has 1 heterocycles. The van der Waals surface area contributed by atoms with Gasteiger partial charge in [-0.3, -0.25) is 4.79 Å². The number of amides is 1. The highest BCUT2D eigenvalue weighted by molar-refractivity contribution is 5.91. The number of unbranched alkanes of at least 4 members (excludes halogenated alkanes) is 1. The number of likely N-dealkylation sites (N-methyl/N-ethyl adjacent to an activating group) is 1. The number of carbonyl (C=O) groups excluding carboxylic acids is 1. The van der Waals surface area contributed by atoms with Crippen molar-refractivity contribution < 1.29 is 24.0 Å². The molecule has 1 aliphatic heterocycles. The molecule has 0 radical (unpaired) electrons. The van der Waals surface area contributed by atoms with Gasteiger partial charge in [-0.1, -0.05) is 45.1 Å². The summed E-state index contributed by atoms with van der Waals surface area (Å²) in [7, 11) is 1.73. The number of carbonyl (C=O) groups is 1. The van der Waals surface area contributed by atoms with Gasteiger partial charge in [0, 0.05) is 25.9 Å². The number of hydrogen-bond acceptors (Lipinski definition) is 4. The van der Waals surface area contributed by atoms with Crippen molar-refractivity contribution >= 4 is 12.6 Å². The monoisotopic (exact) mass is 380 g/mol. The average Bonchev–Trinajstić information content (AvgIpc) is 3.20. The number of allylic oxidation sites excluding steroid dienone is 2. The number of ether oxygens (including phenoxy) is 2. The van der Waals surface area contributed by atoms with Gasteiger partial charge in [0.25, 0.3) is 5.70 Å². The highest BCUT2D eigenvalue weighted by Gasteiger charge is 2.24. The Morgan fingerprint density at radius 2 is 2.00 bits per heavy atom. The molecular formula is C21H36N2O4. The van der Waals surface area contributed by atoms with E-state index in [1.165, 1.54) is 0 Å². The van der Waals surface area contributed by atoms with E-state index in [0.29, 0.717) is 38.6 Å². The van der Waals surface area contributed by atoms with Crippen LogP contribution in [0.5, 0.6) is 0 Å². The van der Waals surface area contributed by atoms with Gasteiger partial charge in [0.15, 0.2) is 6.29 Å². The molecule has 27 heavy (non-hydrogen) atoms. The lowest BCUT2D eigenvalue weighted by Gasteiger charge is -2.20. The average molecular weight is 381 g/mol. The Morgan fingerprint density at radius 3 is 2.59 bits per heavy atom. The molecule has 0 aromatic rings. The predicted octanol–water partition coefficient (Wildman–Crippen LogP) is 2.29. The molecule has 6 heteroatoms. The lowest BCUT2D eigenvalue weighted by atomic mass is 10.1. The van der Waals surface area contributed by atoms with Crippen LogP contribution in [-0.4, -0.2) is 61.7 Å². The second kappa shape index (κ2) is 12.7. The molecule has 154 valence electrons. The molecule has 6 nitrogen and oxygen atoms in total. The maximum atomic E-state index is 12.7. The van der Waals surface area contributed by atoms with Crippen molar-refractivity contribution in [2.24, 2.45) is 5.92 Å². The molecule has 0 N–H and O–H groups in total. The molecule has 0 aliphatic carbocycles. The van der Waals surface area contributed by atoms with Crippen LogP contribution in [0.15, 0.2) is 23.6 Å². The van der Waals surface area contributed by atoms with Gasteiger partial charge >= 0.3 is 5.91 Å². The fourth-order valence-corrected chi connectivity index (χ4v) is 2.85. The van der Waals surface area contributed by atoms with Crippen molar-refractivity contribution in [1.29, 1.82) is 0 Å². The molecule has 1 atom stereocenters. The van der Waals surface area contributed by atoms with Crippen molar-refractivity contribution in [3.63, 3.8) is 0 Å². The van der Waals surface area contributed by atoms with Crippen molar-refractivity contribution in [2.45, 2.75) is 59.2 Å². The van der Waals surface area contributed by atoms with Crippen LogP contribution in [0.1, 0.15) is 52.9 Å². The first-order chi connectivity index (χ1) is 12.9. The Balaban J connectivity index is 2.50. The zero-order chi connectivity index (χ0) is 20.2. The Kier molecular flexibility index (Phi) is 11.0. The van der Waals surface area contributed by atoms with Gasteiger partial charge < -0.3 is 19.5 Å². The van der Waals surface area contributed by atoms with E-state index in [-0.39, 0.29) is 23.7 Å². The minimum absolute atomic E-state index is 0.109. The maximum Gasteiger partial charge on any atom is 0.317 e. The summed E-state index contributed by atoms with van der Waals surface area (Å²) in [6.07, 6.45) is 7.86. The molecule has 0 aromatic heterocycles. The molecule has 1 aliphatic rings. The number of hydrogen-bond donors (Lipinski definition) is 0. The second-order valence-corrected chi connectivity index (χ2v) is 7.05. The predicted molar refractivity (Wildman–Crippen MR) is 105 cm³/mol. The van der Waals surface area contributed by atoms with Crippen LogP contribution in [0.2, 0.25) is 0 Å². The molecule has 1 rings (SSSR count). The Labute approximate surface area is 164 Å². The van der Waals surface area contributed by atoms with Crippen molar-refractivity contribution in [1.82, 2.24) is 4.90 Å². The lowest BCUT2D eigenvalue weighted by molar-refractivity contribution is -0.476. The minimum atomic E-state index is -0.248. The first-order valence-electron chi connectivity index (χ1n) is 10.0. The fourth-order valence-electron chi connectivity index (χ4n) is 2.85. The van der Waals surface area contributed by atoms with Crippen LogP contribution in [0.25, 0.3) is 0 Å². The highest BCUT2D eigenvalue weighted by Crippen LogP contribution is 2.18. The SMILES string of the molecule is C=[N+](CCCC)/C(C(=O)N(C)CC/C=C\CC(C)C1OCCO1)=C(/[O-])CC. The minimum Gasteiger partial charge on any atom is -0.871 e. The van der Waals surface area contributed by atoms with Crippen molar-refractivity contribution in [3.05, 3.63) is 23.6 Å². The van der Waals surface area contributed by atoms with E-state index in [0.717, 1.165) is 25.7 Å². The van der Waals surface area contributed by atoms with Crippen LogP contribution in [0, 0.1) is 5.92 Å². The summed E-state index contributed by atoms with van der Waals surface area (Å²) >= 11 is 0. The molecule has 0 spiro atoms. The molecule has 0 saturated carbocycles. The van der Waals surface area contributed by atoms with Gasteiger partial charge in [-0.05, 0) is 19.3 Å². The largest absolute Gasteiger partial charge is 0.871 e. The zero-order valence-corrected chi connectivity index (χ0v) is 17.4. The molecule has 1 fully saturated rings. The normalized spacial score (nSPS) is 17.2. The van der Waals surface area contributed by atoms with Gasteiger partial charge in [0.1, 0.15) is 13.3 Å². The van der Waals surface area contributed by atoms with E-state index >= 15 is 0 Å². The molecule has 0 bridgehead atoms. The second-order valence-electron chi connectivity index (χ2n) is 7.05. The summed E-state index contributed by atoms with van der Waals surface area (Å²) in [4.78, 5) is 14.3. The molecular weight excluding hydrogens is 344 g/mol. The topological polar surface area (TPSA) is 64.8 Å². The van der Waals surface area contributed by atoms with Crippen LogP contribution in [-0.2, 0) is 14.3 Å². The summed E-state index contributed by atoms with van der Waals surface area (Å²) in [5.41, 5.74) is 0.196. The summed E-state index contributed by atoms with van der Waals surface area (Å²) in [6.45, 7) is 12.4. The Morgan fingerprint density at radius 1 is 1.33 bits per heavy atom. The van der Waals surface area contributed by atoms with E-state index in [4.69, 9.17) is 9.47 Å². The first kappa shape index (κ1) is 23.4. The van der Waals surface area contributed by atoms with Crippen LogP contribution in [0.4, 0.5) is 0 Å². The third kappa shape index (κ3) is 7.85. The summed E-state index contributed by atoms with van der Waals surface area (Å²) in [5, 5.41) is 12.2. The van der Waals surface area contributed by atoms with Gasteiger partial charge in [0.2, 0.25) is 0 Å². The van der Waals surface area contributed by atoms with E-state index in [2.05, 4.69) is 32.7 Å². The van der Waals surface area contributed by atoms with Crippen LogP contribution in [0.3, 0.4) is 0 Å². The summed E-state index contributed by atoms with van der Waals surface area (Å²) in [5.74, 6) is -0.0927. The van der Waals surface area contributed by atoms with E-state index in [1.54, 1.807) is 23.4 Å². The Hall–Kier alpha value is -1.66. The third-order valence-corrected chi connectivity index (χ3v) is 4.65. The smallest absolute Gasteiger partial charge is 0.317 e. The van der Waals surface area contributed by atoms with E-state index in [9.17, 15) is 9.90 Å². The highest BCUT2D eigenvalue weighted by atomic mass is 16.7. The zero-order valence-electron chi connectivity index (χ0n) is 17.4. The van der Waals surface area contributed by atoms with E-state index < -0.39 is 0 Å². The van der Waals surface area contributed by atoms with Gasteiger partial charge in [-0.25, -0.2) is 4.58 Å². The Bertz CT molecular complexity index is 536. The number of nitrogens with zero attached hydrogens (tertiary/aromatic N) is 2. The van der Waals surface area contributed by atoms with Gasteiger partial charge in [0.05, 0.1) is 13.2 Å². The van der Waals surface area contributed by atoms with Crippen LogP contribution < -0.4 is 5.11 Å². The van der Waals surface area contributed by atoms with E-state index in [1.807, 2.05) is 0 Å². The standard InChI is InChI=1S/C21H36N2O4/c1-6-8-13-22(4)19(18(24)7-2)20(25)23(5)14-11-9-10-12-17(3)21-26-15-16-27-21/h9-10,17,21H,4,6-8,11-16H2,1-3,5H3/b10-9-. The van der Waals surface area contributed by atoms with Crippen LogP contribution >= 0.6 is 0 Å².